The van der Waals surface area contributed by atoms with Crippen molar-refractivity contribution in [3.8, 4) is 12.3 Å². The summed E-state index contributed by atoms with van der Waals surface area (Å²) in [4.78, 5) is 0. The number of anilines is 1. The number of unbranched alkanes of at least 4 members (excludes halogenated alkanes) is 2. The zero-order valence-corrected chi connectivity index (χ0v) is 9.49. The van der Waals surface area contributed by atoms with E-state index in [4.69, 9.17) is 6.42 Å². The molecule has 0 radical (unpaired) electrons. The molecule has 70 valence electrons. The lowest BCUT2D eigenvalue weighted by molar-refractivity contribution is 0.787. The summed E-state index contributed by atoms with van der Waals surface area (Å²) in [6.45, 7) is 0.906. The van der Waals surface area contributed by atoms with E-state index >= 15 is 0 Å². The predicted octanol–water partition coefficient (Wildman–Crippen LogP) is 2.52. The molecule has 1 rings (SSSR count). The maximum atomic E-state index is 5.13. The molecule has 0 spiro atoms. The van der Waals surface area contributed by atoms with Crippen LogP contribution in [0.15, 0.2) is 3.92 Å². The third kappa shape index (κ3) is 4.25. The number of nitrogens with one attached hydrogen (secondary N) is 1. The van der Waals surface area contributed by atoms with Gasteiger partial charge < -0.3 is 5.32 Å². The molecule has 13 heavy (non-hydrogen) atoms. The minimum atomic E-state index is 0.804. The summed E-state index contributed by atoms with van der Waals surface area (Å²) in [7, 11) is 0. The fraction of sp³-hybridized carbons (Fsp3) is 0.500. The van der Waals surface area contributed by atoms with Crippen LogP contribution in [-0.4, -0.2) is 16.7 Å². The van der Waals surface area contributed by atoms with Crippen LogP contribution >= 0.6 is 27.3 Å². The lowest BCUT2D eigenvalue weighted by Crippen LogP contribution is -2.00. The number of hydrogen-bond donors (Lipinski definition) is 1. The number of aromatic nitrogens is 2. The van der Waals surface area contributed by atoms with Crippen LogP contribution in [0.5, 0.6) is 0 Å². The van der Waals surface area contributed by atoms with Crippen molar-refractivity contribution in [2.75, 3.05) is 11.9 Å². The quantitative estimate of drug-likeness (QED) is 0.653. The van der Waals surface area contributed by atoms with Gasteiger partial charge in [-0.2, -0.15) is 0 Å². The first-order valence-corrected chi connectivity index (χ1v) is 5.60. The summed E-state index contributed by atoms with van der Waals surface area (Å²) < 4.78 is 0.804. The van der Waals surface area contributed by atoms with Gasteiger partial charge in [0.05, 0.1) is 0 Å². The summed E-state index contributed by atoms with van der Waals surface area (Å²) in [5.41, 5.74) is 0. The van der Waals surface area contributed by atoms with Gasteiger partial charge in [-0.3, -0.25) is 0 Å². The van der Waals surface area contributed by atoms with Crippen LogP contribution in [0.1, 0.15) is 19.3 Å². The summed E-state index contributed by atoms with van der Waals surface area (Å²) in [6, 6.07) is 0. The Bertz CT molecular complexity index is 292. The first-order valence-electron chi connectivity index (χ1n) is 3.99. The Balaban J connectivity index is 2.10. The number of halogens is 1. The molecule has 0 saturated heterocycles. The van der Waals surface area contributed by atoms with Gasteiger partial charge in [0.25, 0.3) is 0 Å². The summed E-state index contributed by atoms with van der Waals surface area (Å²) in [5.74, 6) is 2.61. The molecular formula is C8H10BrN3S. The molecule has 0 saturated carbocycles. The Morgan fingerprint density at radius 3 is 2.92 bits per heavy atom. The molecule has 1 heterocycles. The van der Waals surface area contributed by atoms with Crippen molar-refractivity contribution in [1.29, 1.82) is 0 Å². The molecule has 0 aliphatic heterocycles. The van der Waals surface area contributed by atoms with E-state index in [1.807, 2.05) is 0 Å². The highest BCUT2D eigenvalue weighted by molar-refractivity contribution is 9.11. The van der Waals surface area contributed by atoms with E-state index in [-0.39, 0.29) is 0 Å². The minimum absolute atomic E-state index is 0.804. The molecule has 0 atom stereocenters. The van der Waals surface area contributed by atoms with Gasteiger partial charge in [0.1, 0.15) is 0 Å². The van der Waals surface area contributed by atoms with Gasteiger partial charge in [-0.05, 0) is 28.8 Å². The number of rotatable bonds is 5. The van der Waals surface area contributed by atoms with Gasteiger partial charge in [-0.25, -0.2) is 0 Å². The van der Waals surface area contributed by atoms with E-state index in [2.05, 4.69) is 37.4 Å². The smallest absolute Gasteiger partial charge is 0.206 e. The van der Waals surface area contributed by atoms with Gasteiger partial charge in [0.2, 0.25) is 5.13 Å². The topological polar surface area (TPSA) is 37.8 Å². The highest BCUT2D eigenvalue weighted by Crippen LogP contribution is 2.19. The maximum absolute atomic E-state index is 5.13. The van der Waals surface area contributed by atoms with Crippen LogP contribution in [0, 0.1) is 12.3 Å². The van der Waals surface area contributed by atoms with E-state index in [9.17, 15) is 0 Å². The third-order valence-corrected chi connectivity index (χ3v) is 2.74. The maximum Gasteiger partial charge on any atom is 0.206 e. The number of hydrogen-bond acceptors (Lipinski definition) is 4. The fourth-order valence-electron chi connectivity index (χ4n) is 0.824. The fourth-order valence-corrected chi connectivity index (χ4v) is 1.86. The molecule has 0 bridgehead atoms. The van der Waals surface area contributed by atoms with Crippen LogP contribution < -0.4 is 5.32 Å². The highest BCUT2D eigenvalue weighted by Gasteiger charge is 1.98. The first-order chi connectivity index (χ1) is 6.33. The number of terminal acetylenes is 1. The van der Waals surface area contributed by atoms with Gasteiger partial charge in [-0.15, -0.1) is 22.5 Å². The molecule has 1 aromatic rings. The van der Waals surface area contributed by atoms with E-state index in [0.717, 1.165) is 34.9 Å². The van der Waals surface area contributed by atoms with Crippen molar-refractivity contribution < 1.29 is 0 Å². The Morgan fingerprint density at radius 2 is 2.31 bits per heavy atom. The lowest BCUT2D eigenvalue weighted by Gasteiger charge is -1.98. The summed E-state index contributed by atoms with van der Waals surface area (Å²) in [5, 5.41) is 11.8. The SMILES string of the molecule is C#CCCCCNc1nnc(Br)s1. The zero-order valence-electron chi connectivity index (χ0n) is 7.09. The predicted molar refractivity (Wildman–Crippen MR) is 58.8 cm³/mol. The first kappa shape index (κ1) is 10.5. The van der Waals surface area contributed by atoms with E-state index in [1.165, 1.54) is 11.3 Å². The monoisotopic (exact) mass is 259 g/mol. The average molecular weight is 260 g/mol. The summed E-state index contributed by atoms with van der Waals surface area (Å²) >= 11 is 4.74. The molecule has 0 aliphatic carbocycles. The van der Waals surface area contributed by atoms with Gasteiger partial charge in [0, 0.05) is 13.0 Å². The van der Waals surface area contributed by atoms with Crippen molar-refractivity contribution in [2.45, 2.75) is 19.3 Å². The molecule has 0 amide bonds. The standard InChI is InChI=1S/C8H10BrN3S/c1-2-3-4-5-6-10-8-12-11-7(9)13-8/h1H,3-6H2,(H,10,12). The third-order valence-electron chi connectivity index (χ3n) is 1.42. The Labute approximate surface area is 90.1 Å². The molecule has 3 nitrogen and oxygen atoms in total. The molecule has 0 unspecified atom stereocenters. The van der Waals surface area contributed by atoms with Gasteiger partial charge in [0.15, 0.2) is 3.92 Å². The van der Waals surface area contributed by atoms with Crippen LogP contribution in [-0.2, 0) is 0 Å². The van der Waals surface area contributed by atoms with Crippen molar-refractivity contribution in [2.24, 2.45) is 0 Å². The van der Waals surface area contributed by atoms with Crippen molar-refractivity contribution in [1.82, 2.24) is 10.2 Å². The molecule has 1 aromatic heterocycles. The molecule has 1 N–H and O–H groups in total. The minimum Gasteiger partial charge on any atom is -0.360 e. The molecule has 0 fully saturated rings. The normalized spacial score (nSPS) is 9.54. The molecule has 0 aliphatic rings. The van der Waals surface area contributed by atoms with Crippen molar-refractivity contribution >= 4 is 32.4 Å². The molecular weight excluding hydrogens is 250 g/mol. The van der Waals surface area contributed by atoms with Crippen molar-refractivity contribution in [3.63, 3.8) is 0 Å². The van der Waals surface area contributed by atoms with Crippen LogP contribution in [0.4, 0.5) is 5.13 Å². The number of nitrogens with zero attached hydrogens (tertiary/aromatic N) is 2. The Hall–Kier alpha value is -0.600. The molecule has 5 heteroatoms. The highest BCUT2D eigenvalue weighted by atomic mass is 79.9. The van der Waals surface area contributed by atoms with Crippen molar-refractivity contribution in [3.05, 3.63) is 3.92 Å². The average Bonchev–Trinajstić information content (AvgIpc) is 2.51. The second-order valence-corrected chi connectivity index (χ2v) is 4.70. The van der Waals surface area contributed by atoms with Gasteiger partial charge in [-0.1, -0.05) is 11.3 Å². The van der Waals surface area contributed by atoms with Crippen LogP contribution in [0.3, 0.4) is 0 Å². The zero-order chi connectivity index (χ0) is 9.52. The van der Waals surface area contributed by atoms with E-state index in [0.29, 0.717) is 0 Å². The largest absolute Gasteiger partial charge is 0.360 e. The second-order valence-electron chi connectivity index (χ2n) is 2.45. The van der Waals surface area contributed by atoms with E-state index < -0.39 is 0 Å². The second kappa shape index (κ2) is 5.95. The van der Waals surface area contributed by atoms with Crippen LogP contribution in [0.25, 0.3) is 0 Å². The lowest BCUT2D eigenvalue weighted by atomic mass is 10.2. The van der Waals surface area contributed by atoms with Gasteiger partial charge >= 0.3 is 0 Å². The summed E-state index contributed by atoms with van der Waals surface area (Å²) in [6.07, 6.45) is 8.11. The van der Waals surface area contributed by atoms with Crippen LogP contribution in [0.2, 0.25) is 0 Å². The Kier molecular flexibility index (Phi) is 4.79. The Morgan fingerprint density at radius 1 is 1.46 bits per heavy atom. The van der Waals surface area contributed by atoms with E-state index in [1.54, 1.807) is 0 Å². The molecule has 0 aromatic carbocycles.